The van der Waals surface area contributed by atoms with Crippen LogP contribution in [0.4, 0.5) is 0 Å². The maximum atomic E-state index is 11.6. The van der Waals surface area contributed by atoms with E-state index in [-0.39, 0.29) is 10.7 Å². The van der Waals surface area contributed by atoms with Crippen molar-refractivity contribution in [3.8, 4) is 0 Å². The maximum Gasteiger partial charge on any atom is 0.234 e. The highest BCUT2D eigenvalue weighted by atomic mass is 79.9. The van der Waals surface area contributed by atoms with E-state index in [2.05, 4.69) is 26.1 Å². The summed E-state index contributed by atoms with van der Waals surface area (Å²) in [7, 11) is 0. The molecule has 3 nitrogen and oxygen atoms in total. The Hall–Kier alpha value is -0.0900. The Labute approximate surface area is 99.7 Å². The largest absolute Gasteiger partial charge is 0.351 e. The van der Waals surface area contributed by atoms with Crippen molar-refractivity contribution in [3.63, 3.8) is 0 Å². The molecule has 1 heterocycles. The molecule has 1 N–H and O–H groups in total. The Morgan fingerprint density at radius 2 is 2.27 bits per heavy atom. The average Bonchev–Trinajstić information content (AvgIpc) is 2.99. The second-order valence-corrected chi connectivity index (χ2v) is 5.70. The van der Waals surface area contributed by atoms with Crippen molar-refractivity contribution >= 4 is 21.8 Å². The molecule has 4 heteroatoms. The summed E-state index contributed by atoms with van der Waals surface area (Å²) in [4.78, 5) is 14.1. The lowest BCUT2D eigenvalue weighted by atomic mass is 10.2. The SMILES string of the molecule is CCC(Br)C(=O)NC1CCN(C2CC2)C1. The van der Waals surface area contributed by atoms with Gasteiger partial charge in [-0.25, -0.2) is 0 Å². The predicted molar refractivity (Wildman–Crippen MR) is 64.1 cm³/mol. The predicted octanol–water partition coefficient (Wildman–Crippen LogP) is 1.51. The molecular formula is C11H19BrN2O. The molecule has 2 atom stereocenters. The monoisotopic (exact) mass is 274 g/mol. The van der Waals surface area contributed by atoms with Gasteiger partial charge in [-0.15, -0.1) is 0 Å². The minimum absolute atomic E-state index is 0.0209. The van der Waals surface area contributed by atoms with E-state index in [9.17, 15) is 4.79 Å². The molecule has 1 amide bonds. The summed E-state index contributed by atoms with van der Waals surface area (Å²) in [5.74, 6) is 0.153. The summed E-state index contributed by atoms with van der Waals surface area (Å²) in [5.41, 5.74) is 0. The number of hydrogen-bond donors (Lipinski definition) is 1. The number of alkyl halides is 1. The fourth-order valence-corrected chi connectivity index (χ4v) is 2.29. The zero-order chi connectivity index (χ0) is 10.8. The molecule has 2 aliphatic rings. The molecule has 0 aromatic carbocycles. The first-order chi connectivity index (χ1) is 7.20. The van der Waals surface area contributed by atoms with Crippen molar-refractivity contribution in [1.82, 2.24) is 10.2 Å². The molecule has 2 fully saturated rings. The Bertz CT molecular complexity index is 243. The lowest BCUT2D eigenvalue weighted by Gasteiger charge is -2.17. The number of halogens is 1. The van der Waals surface area contributed by atoms with E-state index in [0.717, 1.165) is 32.0 Å². The number of rotatable bonds is 4. The van der Waals surface area contributed by atoms with Crippen molar-refractivity contribution in [2.75, 3.05) is 13.1 Å². The second kappa shape index (κ2) is 4.83. The van der Waals surface area contributed by atoms with E-state index in [0.29, 0.717) is 6.04 Å². The summed E-state index contributed by atoms with van der Waals surface area (Å²) in [5, 5.41) is 3.11. The maximum absolute atomic E-state index is 11.6. The molecule has 15 heavy (non-hydrogen) atoms. The van der Waals surface area contributed by atoms with Crippen LogP contribution >= 0.6 is 15.9 Å². The van der Waals surface area contributed by atoms with E-state index in [1.165, 1.54) is 12.8 Å². The molecular weight excluding hydrogens is 256 g/mol. The number of carbonyl (C=O) groups excluding carboxylic acids is 1. The third-order valence-corrected chi connectivity index (χ3v) is 4.34. The van der Waals surface area contributed by atoms with Gasteiger partial charge in [0.05, 0.1) is 4.83 Å². The van der Waals surface area contributed by atoms with Gasteiger partial charge < -0.3 is 5.32 Å². The number of amides is 1. The standard InChI is InChI=1S/C11H19BrN2O/c1-2-10(12)11(15)13-8-5-6-14(7-8)9-3-4-9/h8-10H,2-7H2,1H3,(H,13,15). The molecule has 1 saturated carbocycles. The molecule has 1 saturated heterocycles. The summed E-state index contributed by atoms with van der Waals surface area (Å²) in [6.45, 7) is 4.23. The first-order valence-electron chi connectivity index (χ1n) is 5.89. The van der Waals surface area contributed by atoms with Crippen LogP contribution in [-0.4, -0.2) is 40.8 Å². The Morgan fingerprint density at radius 1 is 1.53 bits per heavy atom. The van der Waals surface area contributed by atoms with Gasteiger partial charge >= 0.3 is 0 Å². The van der Waals surface area contributed by atoms with E-state index in [1.54, 1.807) is 0 Å². The lowest BCUT2D eigenvalue weighted by Crippen LogP contribution is -2.41. The minimum atomic E-state index is -0.0209. The highest BCUT2D eigenvalue weighted by Gasteiger charge is 2.35. The van der Waals surface area contributed by atoms with Gasteiger partial charge in [-0.05, 0) is 25.7 Å². The molecule has 0 bridgehead atoms. The van der Waals surface area contributed by atoms with Crippen LogP contribution in [0.2, 0.25) is 0 Å². The number of nitrogens with zero attached hydrogens (tertiary/aromatic N) is 1. The number of carbonyl (C=O) groups is 1. The lowest BCUT2D eigenvalue weighted by molar-refractivity contribution is -0.121. The molecule has 0 radical (unpaired) electrons. The fraction of sp³-hybridized carbons (Fsp3) is 0.909. The van der Waals surface area contributed by atoms with Crippen molar-refractivity contribution in [2.45, 2.75) is 49.5 Å². The van der Waals surface area contributed by atoms with Gasteiger partial charge in [-0.3, -0.25) is 9.69 Å². The Morgan fingerprint density at radius 3 is 2.87 bits per heavy atom. The highest BCUT2D eigenvalue weighted by Crippen LogP contribution is 2.29. The first-order valence-corrected chi connectivity index (χ1v) is 6.80. The summed E-state index contributed by atoms with van der Waals surface area (Å²) < 4.78 is 0. The number of likely N-dealkylation sites (tertiary alicyclic amines) is 1. The van der Waals surface area contributed by atoms with Crippen LogP contribution in [0.15, 0.2) is 0 Å². The van der Waals surface area contributed by atoms with E-state index in [1.807, 2.05) is 6.92 Å². The molecule has 86 valence electrons. The van der Waals surface area contributed by atoms with Crippen LogP contribution in [0.3, 0.4) is 0 Å². The van der Waals surface area contributed by atoms with Gasteiger partial charge in [0, 0.05) is 25.2 Å². The molecule has 1 aliphatic heterocycles. The number of hydrogen-bond acceptors (Lipinski definition) is 2. The zero-order valence-electron chi connectivity index (χ0n) is 9.21. The van der Waals surface area contributed by atoms with E-state index < -0.39 is 0 Å². The highest BCUT2D eigenvalue weighted by molar-refractivity contribution is 9.10. The minimum Gasteiger partial charge on any atom is -0.351 e. The smallest absolute Gasteiger partial charge is 0.234 e. The van der Waals surface area contributed by atoms with Crippen LogP contribution in [0.1, 0.15) is 32.6 Å². The van der Waals surface area contributed by atoms with Gasteiger partial charge in [0.1, 0.15) is 0 Å². The average molecular weight is 275 g/mol. The van der Waals surface area contributed by atoms with Crippen LogP contribution in [-0.2, 0) is 4.79 Å². The molecule has 0 aromatic heterocycles. The van der Waals surface area contributed by atoms with Crippen molar-refractivity contribution < 1.29 is 4.79 Å². The molecule has 2 unspecified atom stereocenters. The molecule has 0 aromatic rings. The second-order valence-electron chi connectivity index (χ2n) is 4.60. The summed E-state index contributed by atoms with van der Waals surface area (Å²) in [6.07, 6.45) is 4.68. The molecule has 2 rings (SSSR count). The van der Waals surface area contributed by atoms with Gasteiger partial charge in [-0.1, -0.05) is 22.9 Å². The first kappa shape index (κ1) is 11.4. The molecule has 1 aliphatic carbocycles. The zero-order valence-corrected chi connectivity index (χ0v) is 10.8. The third kappa shape index (κ3) is 2.94. The van der Waals surface area contributed by atoms with Crippen LogP contribution in [0.25, 0.3) is 0 Å². The summed E-state index contributed by atoms with van der Waals surface area (Å²) >= 11 is 3.38. The fourth-order valence-electron chi connectivity index (χ4n) is 2.15. The number of nitrogens with one attached hydrogen (secondary N) is 1. The van der Waals surface area contributed by atoms with Crippen molar-refractivity contribution in [2.24, 2.45) is 0 Å². The Kier molecular flexibility index (Phi) is 3.67. The van der Waals surface area contributed by atoms with Crippen molar-refractivity contribution in [3.05, 3.63) is 0 Å². The normalized spacial score (nSPS) is 29.1. The summed E-state index contributed by atoms with van der Waals surface area (Å²) in [6, 6.07) is 1.21. The van der Waals surface area contributed by atoms with Crippen LogP contribution in [0, 0.1) is 0 Å². The van der Waals surface area contributed by atoms with Gasteiger partial charge in [0.15, 0.2) is 0 Å². The third-order valence-electron chi connectivity index (χ3n) is 3.27. The van der Waals surface area contributed by atoms with E-state index >= 15 is 0 Å². The topological polar surface area (TPSA) is 32.3 Å². The van der Waals surface area contributed by atoms with Crippen LogP contribution < -0.4 is 5.32 Å². The Balaban J connectivity index is 1.73. The van der Waals surface area contributed by atoms with Gasteiger partial charge in [-0.2, -0.15) is 0 Å². The van der Waals surface area contributed by atoms with Gasteiger partial charge in [0.2, 0.25) is 5.91 Å². The molecule has 0 spiro atoms. The van der Waals surface area contributed by atoms with E-state index in [4.69, 9.17) is 0 Å². The van der Waals surface area contributed by atoms with Crippen LogP contribution in [0.5, 0.6) is 0 Å². The quantitative estimate of drug-likeness (QED) is 0.789. The van der Waals surface area contributed by atoms with Gasteiger partial charge in [0.25, 0.3) is 0 Å². The van der Waals surface area contributed by atoms with Crippen molar-refractivity contribution in [1.29, 1.82) is 0 Å².